The second-order valence-electron chi connectivity index (χ2n) is 7.48. The summed E-state index contributed by atoms with van der Waals surface area (Å²) >= 11 is 9.52. The number of carbonyl (C=O) groups is 1. The van der Waals surface area contributed by atoms with Gasteiger partial charge in [-0.05, 0) is 82.5 Å². The van der Waals surface area contributed by atoms with Crippen LogP contribution in [0, 0.1) is 0 Å². The number of hydrogen-bond donors (Lipinski definition) is 1. The molecule has 0 fully saturated rings. The highest BCUT2D eigenvalue weighted by atomic mass is 79.9. The van der Waals surface area contributed by atoms with Crippen LogP contribution >= 0.6 is 27.5 Å². The van der Waals surface area contributed by atoms with E-state index in [4.69, 9.17) is 21.1 Å². The van der Waals surface area contributed by atoms with E-state index in [9.17, 15) is 4.79 Å². The molecule has 0 aliphatic heterocycles. The van der Waals surface area contributed by atoms with E-state index < -0.39 is 0 Å². The fraction of sp³-hybridized carbons (Fsp3) is 0.111. The zero-order valence-corrected chi connectivity index (χ0v) is 21.3. The number of rotatable bonds is 9. The molecule has 0 spiro atoms. The average Bonchev–Trinajstić information content (AvgIpc) is 3.40. The summed E-state index contributed by atoms with van der Waals surface area (Å²) in [6.45, 7) is 2.73. The minimum absolute atomic E-state index is 0.308. The first-order valence-corrected chi connectivity index (χ1v) is 12.1. The van der Waals surface area contributed by atoms with Crippen LogP contribution in [-0.2, 0) is 6.61 Å². The number of nitrogens with zero attached hydrogens (tertiary/aromatic N) is 2. The Bertz CT molecular complexity index is 1320. The van der Waals surface area contributed by atoms with Crippen molar-refractivity contribution in [2.24, 2.45) is 5.10 Å². The predicted molar refractivity (Wildman–Crippen MR) is 142 cm³/mol. The molecular formula is C27H23BrClN3O3. The molecule has 1 amide bonds. The van der Waals surface area contributed by atoms with Crippen LogP contribution in [0.4, 0.5) is 0 Å². The standard InChI is InChI=1S/C27H23BrClN3O3/c1-2-34-25-16-20(15-23(28)26(25)35-18-19-9-11-21(29)12-10-19)17-30-31-27(33)22-7-3-4-8-24(22)32-13-5-6-14-32/h3-17H,2,18H2,1H3,(H,31,33). The third-order valence-corrected chi connectivity index (χ3v) is 5.88. The van der Waals surface area contributed by atoms with Crippen molar-refractivity contribution in [1.29, 1.82) is 0 Å². The first-order chi connectivity index (χ1) is 17.0. The molecule has 178 valence electrons. The molecule has 1 N–H and O–H groups in total. The van der Waals surface area contributed by atoms with E-state index >= 15 is 0 Å². The van der Waals surface area contributed by atoms with Crippen LogP contribution in [0.25, 0.3) is 5.69 Å². The first kappa shape index (κ1) is 24.6. The molecule has 3 aromatic carbocycles. The van der Waals surface area contributed by atoms with Crippen molar-refractivity contribution in [3.8, 4) is 17.2 Å². The lowest BCUT2D eigenvalue weighted by Gasteiger charge is -2.15. The number of nitrogens with one attached hydrogen (secondary N) is 1. The lowest BCUT2D eigenvalue weighted by Crippen LogP contribution is -2.19. The van der Waals surface area contributed by atoms with E-state index in [0.717, 1.165) is 16.8 Å². The first-order valence-electron chi connectivity index (χ1n) is 10.9. The maximum Gasteiger partial charge on any atom is 0.273 e. The van der Waals surface area contributed by atoms with E-state index in [1.54, 1.807) is 12.3 Å². The predicted octanol–water partition coefficient (Wildman–Crippen LogP) is 6.63. The summed E-state index contributed by atoms with van der Waals surface area (Å²) in [4.78, 5) is 12.8. The number of halogens is 2. The van der Waals surface area contributed by atoms with Gasteiger partial charge in [-0.2, -0.15) is 5.10 Å². The molecule has 1 aromatic heterocycles. The van der Waals surface area contributed by atoms with Crippen molar-refractivity contribution in [3.63, 3.8) is 0 Å². The molecule has 0 saturated heterocycles. The fourth-order valence-corrected chi connectivity index (χ4v) is 4.11. The Kier molecular flexibility index (Phi) is 8.23. The Morgan fingerprint density at radius 3 is 2.54 bits per heavy atom. The largest absolute Gasteiger partial charge is 0.490 e. The van der Waals surface area contributed by atoms with Gasteiger partial charge in [0, 0.05) is 17.4 Å². The zero-order chi connectivity index (χ0) is 24.6. The minimum atomic E-state index is -0.308. The molecule has 0 radical (unpaired) electrons. The number of amides is 1. The number of aromatic nitrogens is 1. The fourth-order valence-electron chi connectivity index (χ4n) is 3.41. The second kappa shape index (κ2) is 11.7. The molecule has 0 bridgehead atoms. The highest BCUT2D eigenvalue weighted by Gasteiger charge is 2.13. The van der Waals surface area contributed by atoms with Crippen LogP contribution in [0.3, 0.4) is 0 Å². The number of para-hydroxylation sites is 1. The summed E-state index contributed by atoms with van der Waals surface area (Å²) in [5.74, 6) is 0.850. The van der Waals surface area contributed by atoms with E-state index in [-0.39, 0.29) is 5.91 Å². The van der Waals surface area contributed by atoms with Crippen LogP contribution in [0.5, 0.6) is 11.5 Å². The quantitative estimate of drug-likeness (QED) is 0.187. The maximum atomic E-state index is 12.8. The van der Waals surface area contributed by atoms with Crippen molar-refractivity contribution in [2.45, 2.75) is 13.5 Å². The van der Waals surface area contributed by atoms with Crippen LogP contribution < -0.4 is 14.9 Å². The third kappa shape index (κ3) is 6.32. The topological polar surface area (TPSA) is 64.8 Å². The van der Waals surface area contributed by atoms with E-state index in [1.807, 2.05) is 90.6 Å². The highest BCUT2D eigenvalue weighted by Crippen LogP contribution is 2.37. The van der Waals surface area contributed by atoms with E-state index in [2.05, 4.69) is 26.5 Å². The molecular weight excluding hydrogens is 530 g/mol. The zero-order valence-electron chi connectivity index (χ0n) is 18.9. The van der Waals surface area contributed by atoms with Crippen molar-refractivity contribution >= 4 is 39.7 Å². The van der Waals surface area contributed by atoms with Gasteiger partial charge in [-0.1, -0.05) is 35.9 Å². The summed E-state index contributed by atoms with van der Waals surface area (Å²) in [6.07, 6.45) is 5.34. The molecule has 0 aliphatic rings. The number of carbonyl (C=O) groups excluding carboxylic acids is 1. The molecule has 0 aliphatic carbocycles. The number of benzene rings is 3. The van der Waals surface area contributed by atoms with E-state index in [1.165, 1.54) is 0 Å². The summed E-state index contributed by atoms with van der Waals surface area (Å²) < 4.78 is 14.4. The Balaban J connectivity index is 1.48. The van der Waals surface area contributed by atoms with Gasteiger partial charge >= 0.3 is 0 Å². The van der Waals surface area contributed by atoms with Gasteiger partial charge in [0.1, 0.15) is 6.61 Å². The average molecular weight is 553 g/mol. The molecule has 4 aromatic rings. The second-order valence-corrected chi connectivity index (χ2v) is 8.78. The van der Waals surface area contributed by atoms with Crippen LogP contribution in [0.2, 0.25) is 5.02 Å². The molecule has 35 heavy (non-hydrogen) atoms. The van der Waals surface area contributed by atoms with Crippen LogP contribution in [0.1, 0.15) is 28.4 Å². The van der Waals surface area contributed by atoms with Crippen LogP contribution in [-0.4, -0.2) is 23.3 Å². The van der Waals surface area contributed by atoms with Gasteiger partial charge in [0.2, 0.25) is 0 Å². The molecule has 4 rings (SSSR count). The lowest BCUT2D eigenvalue weighted by molar-refractivity contribution is 0.0955. The molecule has 0 unspecified atom stereocenters. The summed E-state index contributed by atoms with van der Waals surface area (Å²) in [6, 6.07) is 22.3. The minimum Gasteiger partial charge on any atom is -0.490 e. The van der Waals surface area contributed by atoms with Gasteiger partial charge < -0.3 is 14.0 Å². The molecule has 8 heteroatoms. The van der Waals surface area contributed by atoms with Gasteiger partial charge in [0.25, 0.3) is 5.91 Å². The van der Waals surface area contributed by atoms with Gasteiger partial charge in [0.15, 0.2) is 11.5 Å². The normalized spacial score (nSPS) is 10.9. The van der Waals surface area contributed by atoms with Crippen LogP contribution in [0.15, 0.2) is 94.8 Å². The monoisotopic (exact) mass is 551 g/mol. The van der Waals surface area contributed by atoms with Crippen molar-refractivity contribution < 1.29 is 14.3 Å². The number of ether oxygens (including phenoxy) is 2. The van der Waals surface area contributed by atoms with Gasteiger partial charge in [-0.3, -0.25) is 4.79 Å². The molecule has 0 atom stereocenters. The van der Waals surface area contributed by atoms with Crippen molar-refractivity contribution in [3.05, 3.63) is 111 Å². The third-order valence-electron chi connectivity index (χ3n) is 5.04. The number of hydrazone groups is 1. The Morgan fingerprint density at radius 2 is 1.80 bits per heavy atom. The van der Waals surface area contributed by atoms with E-state index in [0.29, 0.717) is 39.8 Å². The van der Waals surface area contributed by atoms with Gasteiger partial charge in [0.05, 0.1) is 28.5 Å². The van der Waals surface area contributed by atoms with Gasteiger partial charge in [-0.25, -0.2) is 5.43 Å². The molecule has 1 heterocycles. The Labute approximate surface area is 217 Å². The maximum absolute atomic E-state index is 12.8. The number of hydrogen-bond acceptors (Lipinski definition) is 4. The van der Waals surface area contributed by atoms with Crippen molar-refractivity contribution in [1.82, 2.24) is 9.99 Å². The molecule has 0 saturated carbocycles. The smallest absolute Gasteiger partial charge is 0.273 e. The molecule has 6 nitrogen and oxygen atoms in total. The Hall–Kier alpha value is -3.55. The highest BCUT2D eigenvalue weighted by molar-refractivity contribution is 9.10. The van der Waals surface area contributed by atoms with Gasteiger partial charge in [-0.15, -0.1) is 0 Å². The lowest BCUT2D eigenvalue weighted by atomic mass is 10.1. The SMILES string of the molecule is CCOc1cc(C=NNC(=O)c2ccccc2-n2cccc2)cc(Br)c1OCc1ccc(Cl)cc1. The summed E-state index contributed by atoms with van der Waals surface area (Å²) in [5.41, 5.74) is 5.61. The van der Waals surface area contributed by atoms with Crippen molar-refractivity contribution in [2.75, 3.05) is 6.61 Å². The summed E-state index contributed by atoms with van der Waals surface area (Å²) in [5, 5.41) is 4.83. The summed E-state index contributed by atoms with van der Waals surface area (Å²) in [7, 11) is 0. The Morgan fingerprint density at radius 1 is 1.06 bits per heavy atom.